The van der Waals surface area contributed by atoms with Crippen molar-refractivity contribution in [3.8, 4) is 5.75 Å². The first-order valence-electron chi connectivity index (χ1n) is 10.3. The Morgan fingerprint density at radius 3 is 2.57 bits per heavy atom. The molecule has 0 aliphatic carbocycles. The summed E-state index contributed by atoms with van der Waals surface area (Å²) in [5.74, 6) is 2.07. The number of aromatic nitrogens is 2. The third kappa shape index (κ3) is 2.91. The van der Waals surface area contributed by atoms with E-state index in [4.69, 9.17) is 4.74 Å². The molecule has 4 aliphatic heterocycles. The van der Waals surface area contributed by atoms with Crippen molar-refractivity contribution >= 4 is 5.91 Å². The molecule has 4 saturated heterocycles. The SMILES string of the molecule is COc1ccc([C@H]2CN(C(=O)Cn3cc(C)cn3)[C@H]3C4CCN(CC4)[C@@H]23)cc1. The molecule has 0 unspecified atom stereocenters. The molecule has 2 aromatic rings. The lowest BCUT2D eigenvalue weighted by Gasteiger charge is -2.51. The zero-order valence-electron chi connectivity index (χ0n) is 16.6. The standard InChI is InChI=1S/C22H28N4O2/c1-15-11-23-25(12-15)14-20(27)26-13-19(16-3-5-18(28-2)6-4-16)22-21(26)17-7-9-24(22)10-8-17/h3-6,11-12,17,19,21-22H,7-10,13-14H2,1-2H3/t19-,21+,22+/m1/s1. The van der Waals surface area contributed by atoms with E-state index in [2.05, 4.69) is 27.0 Å². The first-order valence-corrected chi connectivity index (χ1v) is 10.3. The van der Waals surface area contributed by atoms with E-state index in [1.807, 2.05) is 31.5 Å². The topological polar surface area (TPSA) is 50.6 Å². The molecule has 2 bridgehead atoms. The van der Waals surface area contributed by atoms with Crippen LogP contribution in [0.3, 0.4) is 0 Å². The van der Waals surface area contributed by atoms with Gasteiger partial charge in [-0.15, -0.1) is 0 Å². The maximum Gasteiger partial charge on any atom is 0.244 e. The molecule has 0 saturated carbocycles. The van der Waals surface area contributed by atoms with Crippen LogP contribution in [0.2, 0.25) is 0 Å². The van der Waals surface area contributed by atoms with Crippen LogP contribution in [0.25, 0.3) is 0 Å². The number of benzene rings is 1. The average molecular weight is 380 g/mol. The van der Waals surface area contributed by atoms with Crippen LogP contribution in [-0.2, 0) is 11.3 Å². The van der Waals surface area contributed by atoms with Gasteiger partial charge in [0.2, 0.25) is 5.91 Å². The van der Waals surface area contributed by atoms with Gasteiger partial charge in [0, 0.05) is 24.7 Å². The molecule has 0 radical (unpaired) electrons. The van der Waals surface area contributed by atoms with Crippen molar-refractivity contribution in [2.75, 3.05) is 26.7 Å². The Kier molecular flexibility index (Phi) is 4.38. The Morgan fingerprint density at radius 1 is 1.18 bits per heavy atom. The number of likely N-dealkylation sites (tertiary alicyclic amines) is 1. The number of fused-ring (bicyclic) bond motifs is 2. The summed E-state index contributed by atoms with van der Waals surface area (Å²) in [6.45, 7) is 5.47. The predicted octanol–water partition coefficient (Wildman–Crippen LogP) is 2.29. The molecular weight excluding hydrogens is 352 g/mol. The zero-order chi connectivity index (χ0) is 19.3. The summed E-state index contributed by atoms with van der Waals surface area (Å²) in [5, 5.41) is 4.32. The van der Waals surface area contributed by atoms with Gasteiger partial charge in [0.1, 0.15) is 12.3 Å². The molecule has 6 nitrogen and oxygen atoms in total. The molecule has 0 spiro atoms. The highest BCUT2D eigenvalue weighted by Crippen LogP contribution is 2.46. The lowest BCUT2D eigenvalue weighted by Crippen LogP contribution is -2.61. The molecule has 3 atom stereocenters. The lowest BCUT2D eigenvalue weighted by atomic mass is 9.75. The second-order valence-electron chi connectivity index (χ2n) is 8.50. The van der Waals surface area contributed by atoms with Crippen LogP contribution in [-0.4, -0.2) is 64.3 Å². The minimum Gasteiger partial charge on any atom is -0.497 e. The second-order valence-corrected chi connectivity index (χ2v) is 8.50. The van der Waals surface area contributed by atoms with Crippen molar-refractivity contribution in [1.82, 2.24) is 19.6 Å². The van der Waals surface area contributed by atoms with Crippen LogP contribution in [0.1, 0.15) is 29.9 Å². The fourth-order valence-corrected chi connectivity index (χ4v) is 5.63. The van der Waals surface area contributed by atoms with Gasteiger partial charge in [0.05, 0.1) is 19.3 Å². The third-order valence-corrected chi connectivity index (χ3v) is 6.92. The molecular formula is C22H28N4O2. The minimum absolute atomic E-state index is 0.197. The van der Waals surface area contributed by atoms with Crippen molar-refractivity contribution in [2.24, 2.45) is 5.92 Å². The van der Waals surface area contributed by atoms with Gasteiger partial charge in [-0.1, -0.05) is 12.1 Å². The molecule has 4 fully saturated rings. The quantitative estimate of drug-likeness (QED) is 0.817. The fraction of sp³-hybridized carbons (Fsp3) is 0.545. The van der Waals surface area contributed by atoms with Gasteiger partial charge in [0.15, 0.2) is 0 Å². The van der Waals surface area contributed by atoms with Crippen molar-refractivity contribution < 1.29 is 9.53 Å². The van der Waals surface area contributed by atoms with E-state index in [-0.39, 0.29) is 5.91 Å². The molecule has 0 N–H and O–H groups in total. The van der Waals surface area contributed by atoms with Gasteiger partial charge in [-0.3, -0.25) is 14.4 Å². The van der Waals surface area contributed by atoms with Crippen LogP contribution < -0.4 is 4.74 Å². The lowest BCUT2D eigenvalue weighted by molar-refractivity contribution is -0.136. The first-order chi connectivity index (χ1) is 13.6. The molecule has 4 aliphatic rings. The zero-order valence-corrected chi connectivity index (χ0v) is 16.6. The summed E-state index contributed by atoms with van der Waals surface area (Å²) in [6, 6.07) is 9.20. The maximum atomic E-state index is 13.3. The number of piperidine rings is 3. The van der Waals surface area contributed by atoms with Crippen molar-refractivity contribution in [3.63, 3.8) is 0 Å². The number of hydrogen-bond acceptors (Lipinski definition) is 4. The van der Waals surface area contributed by atoms with Gasteiger partial charge in [-0.05, 0) is 62.0 Å². The van der Waals surface area contributed by atoms with Crippen LogP contribution in [0.5, 0.6) is 5.75 Å². The number of carbonyl (C=O) groups excluding carboxylic acids is 1. The summed E-state index contributed by atoms with van der Waals surface area (Å²) in [5.41, 5.74) is 2.40. The van der Waals surface area contributed by atoms with Crippen LogP contribution >= 0.6 is 0 Å². The van der Waals surface area contributed by atoms with E-state index >= 15 is 0 Å². The maximum absolute atomic E-state index is 13.3. The number of carbonyl (C=O) groups is 1. The van der Waals surface area contributed by atoms with E-state index in [1.54, 1.807) is 11.8 Å². The van der Waals surface area contributed by atoms with Gasteiger partial charge < -0.3 is 9.64 Å². The molecule has 1 aromatic carbocycles. The number of ether oxygens (including phenoxy) is 1. The van der Waals surface area contributed by atoms with Gasteiger partial charge in [0.25, 0.3) is 0 Å². The number of aryl methyl sites for hydroxylation is 1. The fourth-order valence-electron chi connectivity index (χ4n) is 5.63. The molecule has 6 rings (SSSR count). The minimum atomic E-state index is 0.197. The van der Waals surface area contributed by atoms with E-state index in [1.165, 1.54) is 31.5 Å². The predicted molar refractivity (Wildman–Crippen MR) is 106 cm³/mol. The van der Waals surface area contributed by atoms with Crippen LogP contribution in [0.4, 0.5) is 0 Å². The smallest absolute Gasteiger partial charge is 0.244 e. The molecule has 28 heavy (non-hydrogen) atoms. The molecule has 1 amide bonds. The average Bonchev–Trinajstić information content (AvgIpc) is 3.34. The van der Waals surface area contributed by atoms with E-state index in [0.29, 0.717) is 30.5 Å². The summed E-state index contributed by atoms with van der Waals surface area (Å²) < 4.78 is 7.10. The number of amides is 1. The Labute approximate surface area is 166 Å². The number of hydrogen-bond donors (Lipinski definition) is 0. The third-order valence-electron chi connectivity index (χ3n) is 6.92. The van der Waals surface area contributed by atoms with Gasteiger partial charge in [-0.2, -0.15) is 5.10 Å². The first kappa shape index (κ1) is 17.7. The van der Waals surface area contributed by atoms with Crippen LogP contribution in [0.15, 0.2) is 36.7 Å². The number of rotatable bonds is 4. The summed E-state index contributed by atoms with van der Waals surface area (Å²) in [6.07, 6.45) is 6.18. The monoisotopic (exact) mass is 380 g/mol. The van der Waals surface area contributed by atoms with Crippen LogP contribution in [0, 0.1) is 12.8 Å². The highest BCUT2D eigenvalue weighted by molar-refractivity contribution is 5.77. The van der Waals surface area contributed by atoms with Crippen molar-refractivity contribution in [3.05, 3.63) is 47.8 Å². The number of nitrogens with zero attached hydrogens (tertiary/aromatic N) is 4. The van der Waals surface area contributed by atoms with E-state index in [9.17, 15) is 4.79 Å². The van der Waals surface area contributed by atoms with Crippen molar-refractivity contribution in [1.29, 1.82) is 0 Å². The van der Waals surface area contributed by atoms with Gasteiger partial charge in [-0.25, -0.2) is 0 Å². The largest absolute Gasteiger partial charge is 0.497 e. The highest BCUT2D eigenvalue weighted by Gasteiger charge is 2.54. The Hall–Kier alpha value is -2.34. The molecule has 148 valence electrons. The van der Waals surface area contributed by atoms with E-state index < -0.39 is 0 Å². The second kappa shape index (κ2) is 6.92. The number of methoxy groups -OCH3 is 1. The Bertz CT molecular complexity index is 854. The Morgan fingerprint density at radius 2 is 1.93 bits per heavy atom. The Balaban J connectivity index is 1.43. The van der Waals surface area contributed by atoms with E-state index in [0.717, 1.165) is 17.9 Å². The van der Waals surface area contributed by atoms with Crippen molar-refractivity contribution in [2.45, 2.75) is 44.3 Å². The molecule has 6 heteroatoms. The molecule has 1 aromatic heterocycles. The normalized spacial score (nSPS) is 31.1. The summed E-state index contributed by atoms with van der Waals surface area (Å²) in [7, 11) is 1.70. The summed E-state index contributed by atoms with van der Waals surface area (Å²) in [4.78, 5) is 18.1. The summed E-state index contributed by atoms with van der Waals surface area (Å²) >= 11 is 0. The van der Waals surface area contributed by atoms with Gasteiger partial charge >= 0.3 is 0 Å². The highest BCUT2D eigenvalue weighted by atomic mass is 16.5. The molecule has 5 heterocycles.